The van der Waals surface area contributed by atoms with Crippen LogP contribution < -0.4 is 5.32 Å². The molecular formula is C11H18F6N2O5. The van der Waals surface area contributed by atoms with E-state index in [-0.39, 0.29) is 0 Å². The Morgan fingerprint density at radius 2 is 1.42 bits per heavy atom. The molecule has 0 amide bonds. The fraction of sp³-hybridized carbons (Fsp3) is 0.818. The number of ether oxygens (including phenoxy) is 1. The summed E-state index contributed by atoms with van der Waals surface area (Å²) < 4.78 is 68.5. The number of nitrogens with zero attached hydrogens (tertiary/aromatic N) is 1. The molecule has 1 saturated heterocycles. The van der Waals surface area contributed by atoms with E-state index in [1.807, 2.05) is 7.05 Å². The fourth-order valence-corrected chi connectivity index (χ4v) is 0.948. The minimum Gasteiger partial charge on any atom is -0.475 e. The summed E-state index contributed by atoms with van der Waals surface area (Å²) in [5.74, 6) is -5.51. The summed E-state index contributed by atoms with van der Waals surface area (Å²) in [5.41, 5.74) is 0. The highest BCUT2D eigenvalue weighted by Gasteiger charge is 2.38. The van der Waals surface area contributed by atoms with Crippen molar-refractivity contribution in [2.24, 2.45) is 0 Å². The summed E-state index contributed by atoms with van der Waals surface area (Å²) in [7, 11) is 4.12. The first-order valence-electron chi connectivity index (χ1n) is 6.26. The predicted molar refractivity (Wildman–Crippen MR) is 68.5 cm³/mol. The maximum atomic E-state index is 10.6. The van der Waals surface area contributed by atoms with Gasteiger partial charge in [-0.3, -0.25) is 4.90 Å². The quantitative estimate of drug-likeness (QED) is 0.628. The number of carbonyl (C=O) groups is 2. The molecule has 24 heavy (non-hydrogen) atoms. The van der Waals surface area contributed by atoms with Gasteiger partial charge in [0.1, 0.15) is 0 Å². The Bertz CT molecular complexity index is 360. The van der Waals surface area contributed by atoms with Gasteiger partial charge in [0.2, 0.25) is 0 Å². The van der Waals surface area contributed by atoms with Gasteiger partial charge >= 0.3 is 24.3 Å². The molecule has 0 aliphatic carbocycles. The molecule has 0 aromatic carbocycles. The monoisotopic (exact) mass is 372 g/mol. The van der Waals surface area contributed by atoms with Crippen LogP contribution in [0.2, 0.25) is 0 Å². The van der Waals surface area contributed by atoms with Crippen LogP contribution in [0, 0.1) is 0 Å². The summed E-state index contributed by atoms with van der Waals surface area (Å²) in [5, 5.41) is 17.4. The first-order valence-corrected chi connectivity index (χ1v) is 6.26. The first-order chi connectivity index (χ1) is 10.7. The van der Waals surface area contributed by atoms with E-state index in [4.69, 9.17) is 24.5 Å². The molecule has 0 bridgehead atoms. The van der Waals surface area contributed by atoms with E-state index in [1.54, 1.807) is 0 Å². The molecule has 0 saturated carbocycles. The zero-order valence-electron chi connectivity index (χ0n) is 12.7. The van der Waals surface area contributed by atoms with Crippen molar-refractivity contribution < 1.29 is 50.9 Å². The largest absolute Gasteiger partial charge is 0.490 e. The van der Waals surface area contributed by atoms with Crippen molar-refractivity contribution in [1.82, 2.24) is 10.2 Å². The van der Waals surface area contributed by atoms with Crippen LogP contribution in [-0.2, 0) is 14.3 Å². The topological polar surface area (TPSA) is 99.1 Å². The number of nitrogens with one attached hydrogen (secondary N) is 1. The number of halogens is 6. The van der Waals surface area contributed by atoms with Gasteiger partial charge in [0.15, 0.2) is 0 Å². The number of rotatable bonds is 4. The number of aliphatic carboxylic acids is 2. The molecule has 1 fully saturated rings. The van der Waals surface area contributed by atoms with Gasteiger partial charge < -0.3 is 20.3 Å². The predicted octanol–water partition coefficient (Wildman–Crippen LogP) is 0.803. The molecule has 0 unspecified atom stereocenters. The van der Waals surface area contributed by atoms with E-state index in [0.717, 1.165) is 26.3 Å². The molecule has 0 spiro atoms. The van der Waals surface area contributed by atoms with Crippen LogP contribution in [0.4, 0.5) is 26.3 Å². The lowest BCUT2D eigenvalue weighted by Gasteiger charge is -2.34. The molecule has 0 aromatic heterocycles. The summed E-state index contributed by atoms with van der Waals surface area (Å²) in [6, 6.07) is 0.674. The van der Waals surface area contributed by atoms with Crippen LogP contribution >= 0.6 is 0 Å². The van der Waals surface area contributed by atoms with Gasteiger partial charge in [0, 0.05) is 13.1 Å². The number of carboxylic acid groups (broad SMARTS) is 2. The lowest BCUT2D eigenvalue weighted by atomic mass is 10.2. The van der Waals surface area contributed by atoms with Gasteiger partial charge in [-0.15, -0.1) is 0 Å². The van der Waals surface area contributed by atoms with Crippen LogP contribution in [0.3, 0.4) is 0 Å². The van der Waals surface area contributed by atoms with Gasteiger partial charge in [-0.2, -0.15) is 26.3 Å². The van der Waals surface area contributed by atoms with Crippen LogP contribution in [0.25, 0.3) is 0 Å². The average Bonchev–Trinajstić information content (AvgIpc) is 2.33. The Kier molecular flexibility index (Phi) is 11.3. The van der Waals surface area contributed by atoms with Gasteiger partial charge in [0.25, 0.3) is 0 Å². The summed E-state index contributed by atoms with van der Waals surface area (Å²) in [6.07, 6.45) is -10.2. The van der Waals surface area contributed by atoms with E-state index >= 15 is 0 Å². The number of alkyl halides is 6. The van der Waals surface area contributed by atoms with Gasteiger partial charge in [-0.05, 0) is 14.1 Å². The maximum absolute atomic E-state index is 10.6. The first kappa shape index (κ1) is 24.6. The van der Waals surface area contributed by atoms with Gasteiger partial charge in [-0.25, -0.2) is 9.59 Å². The number of hydrogen-bond acceptors (Lipinski definition) is 5. The Morgan fingerprint density at radius 3 is 1.58 bits per heavy atom. The van der Waals surface area contributed by atoms with E-state index < -0.39 is 24.3 Å². The summed E-state index contributed by atoms with van der Waals surface area (Å²) >= 11 is 0. The van der Waals surface area contributed by atoms with Crippen molar-refractivity contribution in [1.29, 1.82) is 0 Å². The lowest BCUT2D eigenvalue weighted by Crippen LogP contribution is -2.48. The molecule has 0 aromatic rings. The van der Waals surface area contributed by atoms with Crippen molar-refractivity contribution in [2.45, 2.75) is 18.4 Å². The molecule has 1 aliphatic heterocycles. The van der Waals surface area contributed by atoms with Crippen molar-refractivity contribution in [3.8, 4) is 0 Å². The summed E-state index contributed by atoms with van der Waals surface area (Å²) in [4.78, 5) is 20.1. The maximum Gasteiger partial charge on any atom is 0.490 e. The van der Waals surface area contributed by atoms with E-state index in [9.17, 15) is 26.3 Å². The highest BCUT2D eigenvalue weighted by molar-refractivity contribution is 5.73. The van der Waals surface area contributed by atoms with Crippen LogP contribution in [0.5, 0.6) is 0 Å². The highest BCUT2D eigenvalue weighted by atomic mass is 19.4. The van der Waals surface area contributed by atoms with Crippen molar-refractivity contribution in [3.05, 3.63) is 0 Å². The van der Waals surface area contributed by atoms with Crippen LogP contribution in [0.1, 0.15) is 0 Å². The van der Waals surface area contributed by atoms with E-state index in [0.29, 0.717) is 6.04 Å². The van der Waals surface area contributed by atoms with Crippen LogP contribution in [-0.4, -0.2) is 85.8 Å². The third-order valence-corrected chi connectivity index (χ3v) is 2.44. The van der Waals surface area contributed by atoms with Crippen LogP contribution in [0.15, 0.2) is 0 Å². The minimum absolute atomic E-state index is 0.674. The second-order valence-electron chi connectivity index (χ2n) is 4.38. The lowest BCUT2D eigenvalue weighted by molar-refractivity contribution is -0.193. The second kappa shape index (κ2) is 11.0. The molecule has 13 heteroatoms. The zero-order valence-corrected chi connectivity index (χ0v) is 12.7. The summed E-state index contributed by atoms with van der Waals surface area (Å²) in [6.45, 7) is 4.01. The highest BCUT2D eigenvalue weighted by Crippen LogP contribution is 2.13. The Hall–Kier alpha value is -1.60. The van der Waals surface area contributed by atoms with Crippen molar-refractivity contribution in [2.75, 3.05) is 40.4 Å². The Labute approximate surface area is 133 Å². The van der Waals surface area contributed by atoms with Gasteiger partial charge in [0.05, 0.1) is 19.3 Å². The molecule has 144 valence electrons. The molecule has 1 rings (SSSR count). The van der Waals surface area contributed by atoms with Gasteiger partial charge in [-0.1, -0.05) is 0 Å². The normalized spacial score (nSPS) is 14.7. The third kappa shape index (κ3) is 12.9. The minimum atomic E-state index is -5.08. The average molecular weight is 372 g/mol. The number of carboxylic acids is 2. The SMILES string of the molecule is CNCCN(C)C1COC1.O=C(O)C(F)(F)F.O=C(O)C(F)(F)F. The van der Waals surface area contributed by atoms with Crippen molar-refractivity contribution in [3.63, 3.8) is 0 Å². The molecule has 3 N–H and O–H groups in total. The van der Waals surface area contributed by atoms with Crippen molar-refractivity contribution >= 4 is 11.9 Å². The number of likely N-dealkylation sites (N-methyl/N-ethyl adjacent to an activating group) is 2. The van der Waals surface area contributed by atoms with E-state index in [2.05, 4.69) is 17.3 Å². The Balaban J connectivity index is 0. The molecule has 7 nitrogen and oxygen atoms in total. The molecule has 1 aliphatic rings. The molecule has 0 radical (unpaired) electrons. The molecule has 1 heterocycles. The molecule has 0 atom stereocenters. The fourth-order valence-electron chi connectivity index (χ4n) is 0.948. The Morgan fingerprint density at radius 1 is 1.08 bits per heavy atom. The second-order valence-corrected chi connectivity index (χ2v) is 4.38. The number of hydrogen-bond donors (Lipinski definition) is 3. The zero-order chi connectivity index (χ0) is 19.6. The third-order valence-electron chi connectivity index (χ3n) is 2.44. The smallest absolute Gasteiger partial charge is 0.475 e. The molecular weight excluding hydrogens is 354 g/mol. The standard InChI is InChI=1S/C7H16N2O.2C2HF3O2/c1-8-3-4-9(2)7-5-10-6-7;2*3-2(4,5)1(6)7/h7-8H,3-6H2,1-2H3;2*(H,6,7). The van der Waals surface area contributed by atoms with E-state index in [1.165, 1.54) is 0 Å².